The average Bonchev–Trinajstić information content (AvgIpc) is 2.70. The predicted octanol–water partition coefficient (Wildman–Crippen LogP) is 2.87. The van der Waals surface area contributed by atoms with Gasteiger partial charge in [-0.15, -0.1) is 11.3 Å². The number of thiazole rings is 1. The Hall–Kier alpha value is -0.450. The van der Waals surface area contributed by atoms with E-state index in [2.05, 4.69) is 24.1 Å². The van der Waals surface area contributed by atoms with Crippen LogP contribution in [0, 0.1) is 12.3 Å². The van der Waals surface area contributed by atoms with E-state index in [0.717, 1.165) is 37.2 Å². The van der Waals surface area contributed by atoms with Crippen molar-refractivity contribution in [1.29, 1.82) is 0 Å². The first-order chi connectivity index (χ1) is 8.39. The highest BCUT2D eigenvalue weighted by molar-refractivity contribution is 7.11. The van der Waals surface area contributed by atoms with Crippen LogP contribution in [0.1, 0.15) is 49.4 Å². The van der Waals surface area contributed by atoms with Crippen molar-refractivity contribution >= 4 is 11.3 Å². The van der Waals surface area contributed by atoms with E-state index in [4.69, 9.17) is 0 Å². The Morgan fingerprint density at radius 2 is 2.00 bits per heavy atom. The summed E-state index contributed by atoms with van der Waals surface area (Å²) in [5.41, 5.74) is -0.101. The summed E-state index contributed by atoms with van der Waals surface area (Å²) in [7, 11) is 0. The van der Waals surface area contributed by atoms with Gasteiger partial charge in [0.25, 0.3) is 0 Å². The fraction of sp³-hybridized carbons (Fsp3) is 0.786. The van der Waals surface area contributed by atoms with Crippen LogP contribution in [0.4, 0.5) is 0 Å². The van der Waals surface area contributed by atoms with E-state index in [9.17, 15) is 5.11 Å². The molecule has 0 aromatic carbocycles. The van der Waals surface area contributed by atoms with E-state index in [1.54, 1.807) is 11.3 Å². The van der Waals surface area contributed by atoms with Gasteiger partial charge in [0, 0.05) is 24.2 Å². The highest BCUT2D eigenvalue weighted by atomic mass is 32.1. The van der Waals surface area contributed by atoms with Crippen molar-refractivity contribution < 1.29 is 5.11 Å². The van der Waals surface area contributed by atoms with E-state index >= 15 is 0 Å². The van der Waals surface area contributed by atoms with E-state index in [-0.39, 0.29) is 0 Å². The number of aromatic nitrogens is 1. The zero-order chi connectivity index (χ0) is 13.2. The zero-order valence-corrected chi connectivity index (χ0v) is 12.4. The molecule has 0 saturated heterocycles. The maximum atomic E-state index is 10.5. The van der Waals surface area contributed by atoms with Crippen molar-refractivity contribution in [3.63, 3.8) is 0 Å². The van der Waals surface area contributed by atoms with Crippen LogP contribution in [0.15, 0.2) is 6.20 Å². The maximum absolute atomic E-state index is 10.5. The quantitative estimate of drug-likeness (QED) is 0.882. The van der Waals surface area contributed by atoms with Gasteiger partial charge < -0.3 is 10.4 Å². The standard InChI is InChI=1S/C14H24N2OS/c1-11-16-9-12(18-11)8-15-10-14(17)6-4-13(2,3)5-7-14/h9,15,17H,4-8,10H2,1-3H3. The molecule has 2 rings (SSSR count). The summed E-state index contributed by atoms with van der Waals surface area (Å²) in [4.78, 5) is 5.48. The molecule has 4 heteroatoms. The first-order valence-corrected chi connectivity index (χ1v) is 7.55. The Balaban J connectivity index is 1.76. The molecule has 102 valence electrons. The second-order valence-corrected chi connectivity index (χ2v) is 7.66. The molecule has 1 heterocycles. The van der Waals surface area contributed by atoms with Crippen LogP contribution in [0.25, 0.3) is 0 Å². The molecule has 1 aromatic rings. The number of hydrogen-bond donors (Lipinski definition) is 2. The Morgan fingerprint density at radius 1 is 1.33 bits per heavy atom. The van der Waals surface area contributed by atoms with Gasteiger partial charge >= 0.3 is 0 Å². The molecule has 1 aliphatic carbocycles. The molecule has 0 bridgehead atoms. The van der Waals surface area contributed by atoms with Crippen LogP contribution in [-0.4, -0.2) is 22.2 Å². The second kappa shape index (κ2) is 5.27. The number of nitrogens with zero attached hydrogens (tertiary/aromatic N) is 1. The van der Waals surface area contributed by atoms with Crippen LogP contribution in [-0.2, 0) is 6.54 Å². The second-order valence-electron chi connectivity index (χ2n) is 6.34. The number of hydrogen-bond acceptors (Lipinski definition) is 4. The lowest BCUT2D eigenvalue weighted by atomic mass is 9.71. The summed E-state index contributed by atoms with van der Waals surface area (Å²) >= 11 is 1.72. The largest absolute Gasteiger partial charge is 0.389 e. The molecular formula is C14H24N2OS. The summed E-state index contributed by atoms with van der Waals surface area (Å²) < 4.78 is 0. The Morgan fingerprint density at radius 3 is 2.56 bits per heavy atom. The third kappa shape index (κ3) is 3.77. The van der Waals surface area contributed by atoms with Gasteiger partial charge in [-0.05, 0) is 38.0 Å². The predicted molar refractivity (Wildman–Crippen MR) is 75.8 cm³/mol. The fourth-order valence-corrected chi connectivity index (χ4v) is 3.24. The molecule has 18 heavy (non-hydrogen) atoms. The third-order valence-electron chi connectivity index (χ3n) is 3.96. The summed E-state index contributed by atoms with van der Waals surface area (Å²) in [5, 5.41) is 15.0. The molecule has 0 aliphatic heterocycles. The molecule has 1 fully saturated rings. The minimum Gasteiger partial charge on any atom is -0.389 e. The van der Waals surface area contributed by atoms with Gasteiger partial charge in [-0.1, -0.05) is 13.8 Å². The molecule has 0 unspecified atom stereocenters. The summed E-state index contributed by atoms with van der Waals surface area (Å²) in [6, 6.07) is 0. The molecule has 3 nitrogen and oxygen atoms in total. The highest BCUT2D eigenvalue weighted by Crippen LogP contribution is 2.39. The van der Waals surface area contributed by atoms with Gasteiger partial charge in [-0.2, -0.15) is 0 Å². The van der Waals surface area contributed by atoms with Gasteiger partial charge in [0.1, 0.15) is 0 Å². The van der Waals surface area contributed by atoms with Gasteiger partial charge in [-0.25, -0.2) is 4.98 Å². The normalized spacial score (nSPS) is 22.0. The number of nitrogens with one attached hydrogen (secondary N) is 1. The zero-order valence-electron chi connectivity index (χ0n) is 11.6. The monoisotopic (exact) mass is 268 g/mol. The van der Waals surface area contributed by atoms with E-state index < -0.39 is 5.60 Å². The van der Waals surface area contributed by atoms with Crippen LogP contribution >= 0.6 is 11.3 Å². The number of rotatable bonds is 4. The van der Waals surface area contributed by atoms with E-state index in [1.807, 2.05) is 13.1 Å². The van der Waals surface area contributed by atoms with E-state index in [0.29, 0.717) is 12.0 Å². The fourth-order valence-electron chi connectivity index (χ4n) is 2.47. The Bertz CT molecular complexity index is 390. The van der Waals surface area contributed by atoms with E-state index in [1.165, 1.54) is 4.88 Å². The molecular weight excluding hydrogens is 244 g/mol. The van der Waals surface area contributed by atoms with Crippen molar-refractivity contribution in [3.05, 3.63) is 16.1 Å². The molecule has 0 spiro atoms. The van der Waals surface area contributed by atoms with Crippen molar-refractivity contribution in [3.8, 4) is 0 Å². The molecule has 0 atom stereocenters. The topological polar surface area (TPSA) is 45.2 Å². The number of aliphatic hydroxyl groups is 1. The summed E-state index contributed by atoms with van der Waals surface area (Å²) in [6.45, 7) is 8.11. The Labute approximate surface area is 114 Å². The van der Waals surface area contributed by atoms with Crippen LogP contribution in [0.5, 0.6) is 0 Å². The summed E-state index contributed by atoms with van der Waals surface area (Å²) in [5.74, 6) is 0. The number of aryl methyl sites for hydroxylation is 1. The molecule has 0 radical (unpaired) electrons. The molecule has 1 saturated carbocycles. The summed E-state index contributed by atoms with van der Waals surface area (Å²) in [6.07, 6.45) is 5.97. The first-order valence-electron chi connectivity index (χ1n) is 6.73. The highest BCUT2D eigenvalue weighted by Gasteiger charge is 2.36. The van der Waals surface area contributed by atoms with Gasteiger partial charge in [0.15, 0.2) is 0 Å². The molecule has 1 aromatic heterocycles. The Kier molecular flexibility index (Phi) is 4.09. The molecule has 1 aliphatic rings. The average molecular weight is 268 g/mol. The smallest absolute Gasteiger partial charge is 0.0897 e. The van der Waals surface area contributed by atoms with Gasteiger partial charge in [0.2, 0.25) is 0 Å². The van der Waals surface area contributed by atoms with Crippen LogP contribution in [0.2, 0.25) is 0 Å². The van der Waals surface area contributed by atoms with Crippen molar-refractivity contribution in [1.82, 2.24) is 10.3 Å². The van der Waals surface area contributed by atoms with Gasteiger partial charge in [-0.3, -0.25) is 0 Å². The van der Waals surface area contributed by atoms with Crippen LogP contribution in [0.3, 0.4) is 0 Å². The minimum atomic E-state index is -0.505. The minimum absolute atomic E-state index is 0.404. The third-order valence-corrected chi connectivity index (χ3v) is 4.87. The van der Waals surface area contributed by atoms with Crippen molar-refractivity contribution in [2.24, 2.45) is 5.41 Å². The molecule has 2 N–H and O–H groups in total. The van der Waals surface area contributed by atoms with Crippen molar-refractivity contribution in [2.45, 2.75) is 58.6 Å². The van der Waals surface area contributed by atoms with Crippen molar-refractivity contribution in [2.75, 3.05) is 6.54 Å². The van der Waals surface area contributed by atoms with Crippen LogP contribution < -0.4 is 5.32 Å². The SMILES string of the molecule is Cc1ncc(CNCC2(O)CCC(C)(C)CC2)s1. The van der Waals surface area contributed by atoms with Gasteiger partial charge in [0.05, 0.1) is 10.6 Å². The first kappa shape index (κ1) is 14.0. The lowest BCUT2D eigenvalue weighted by Crippen LogP contribution is -2.44. The lowest BCUT2D eigenvalue weighted by molar-refractivity contribution is -0.0244. The molecule has 0 amide bonds. The maximum Gasteiger partial charge on any atom is 0.0897 e. The lowest BCUT2D eigenvalue weighted by Gasteiger charge is -2.40.